The number of fused-ring (bicyclic) bond motifs is 3. The summed E-state index contributed by atoms with van der Waals surface area (Å²) in [4.78, 5) is 18.7. The number of benzene rings is 2. The second kappa shape index (κ2) is 7.13. The summed E-state index contributed by atoms with van der Waals surface area (Å²) < 4.78 is 20.1. The van der Waals surface area contributed by atoms with Gasteiger partial charge in [0.05, 0.1) is 12.1 Å². The predicted molar refractivity (Wildman–Crippen MR) is 112 cm³/mol. The maximum atomic E-state index is 14.9. The number of nitrogens with one attached hydrogen (secondary N) is 1. The number of rotatable bonds is 3. The van der Waals surface area contributed by atoms with Crippen LogP contribution in [0.2, 0.25) is 0 Å². The first-order valence-corrected chi connectivity index (χ1v) is 10.1. The van der Waals surface area contributed by atoms with E-state index in [1.165, 1.54) is 6.07 Å². The third-order valence-electron chi connectivity index (χ3n) is 6.06. The van der Waals surface area contributed by atoms with Crippen molar-refractivity contribution in [3.63, 3.8) is 0 Å². The van der Waals surface area contributed by atoms with Crippen LogP contribution in [0.25, 0.3) is 10.9 Å². The van der Waals surface area contributed by atoms with Crippen molar-refractivity contribution in [1.82, 2.24) is 15.0 Å². The van der Waals surface area contributed by atoms with Crippen molar-refractivity contribution in [2.24, 2.45) is 0 Å². The van der Waals surface area contributed by atoms with E-state index in [0.29, 0.717) is 23.6 Å². The third kappa shape index (κ3) is 2.91. The van der Waals surface area contributed by atoms with E-state index in [1.54, 1.807) is 17.0 Å². The Morgan fingerprint density at radius 3 is 2.73 bits per heavy atom. The Kier molecular flexibility index (Phi) is 4.42. The molecule has 3 heterocycles. The van der Waals surface area contributed by atoms with E-state index in [-0.39, 0.29) is 18.1 Å². The Hall–Kier alpha value is -3.41. The Morgan fingerprint density at radius 2 is 1.97 bits per heavy atom. The van der Waals surface area contributed by atoms with Crippen molar-refractivity contribution in [1.29, 1.82) is 0 Å². The van der Waals surface area contributed by atoms with E-state index >= 15 is 0 Å². The van der Waals surface area contributed by atoms with Gasteiger partial charge in [0.15, 0.2) is 0 Å². The zero-order valence-corrected chi connectivity index (χ0v) is 16.9. The van der Waals surface area contributed by atoms with Gasteiger partial charge in [0.1, 0.15) is 17.6 Å². The van der Waals surface area contributed by atoms with Crippen LogP contribution in [0.1, 0.15) is 39.9 Å². The number of aryl methyl sites for hydroxylation is 2. The van der Waals surface area contributed by atoms with Crippen LogP contribution in [0, 0.1) is 19.7 Å². The molecule has 1 atom stereocenters. The van der Waals surface area contributed by atoms with E-state index in [4.69, 9.17) is 4.52 Å². The van der Waals surface area contributed by atoms with Crippen LogP contribution >= 0.6 is 0 Å². The molecule has 152 valence electrons. The molecule has 1 aliphatic heterocycles. The number of nitrogens with zero attached hydrogens (tertiary/aromatic N) is 2. The van der Waals surface area contributed by atoms with E-state index < -0.39 is 6.04 Å². The molecule has 2 aromatic heterocycles. The zero-order chi connectivity index (χ0) is 20.8. The second-order valence-electron chi connectivity index (χ2n) is 7.80. The Morgan fingerprint density at radius 1 is 1.20 bits per heavy atom. The van der Waals surface area contributed by atoms with Crippen molar-refractivity contribution in [2.75, 3.05) is 6.54 Å². The minimum Gasteiger partial charge on any atom is -0.361 e. The van der Waals surface area contributed by atoms with Crippen molar-refractivity contribution < 1.29 is 13.7 Å². The lowest BCUT2D eigenvalue weighted by atomic mass is 9.91. The van der Waals surface area contributed by atoms with Gasteiger partial charge in [-0.15, -0.1) is 0 Å². The average molecular weight is 403 g/mol. The smallest absolute Gasteiger partial charge is 0.228 e. The van der Waals surface area contributed by atoms with Crippen molar-refractivity contribution >= 4 is 16.8 Å². The predicted octanol–water partition coefficient (Wildman–Crippen LogP) is 4.63. The molecule has 30 heavy (non-hydrogen) atoms. The summed E-state index contributed by atoms with van der Waals surface area (Å²) in [5.41, 5.74) is 5.06. The molecular formula is C24H22FN3O2. The van der Waals surface area contributed by atoms with Crippen LogP contribution in [-0.2, 0) is 17.6 Å². The van der Waals surface area contributed by atoms with Crippen molar-refractivity contribution in [3.8, 4) is 0 Å². The molecule has 5 nitrogen and oxygen atoms in total. The molecule has 1 N–H and O–H groups in total. The molecule has 1 aliphatic rings. The molecule has 6 heteroatoms. The first kappa shape index (κ1) is 18.6. The quantitative estimate of drug-likeness (QED) is 0.543. The molecule has 1 unspecified atom stereocenters. The van der Waals surface area contributed by atoms with Crippen molar-refractivity contribution in [2.45, 2.75) is 32.7 Å². The molecule has 0 bridgehead atoms. The molecule has 0 saturated carbocycles. The maximum Gasteiger partial charge on any atom is 0.228 e. The van der Waals surface area contributed by atoms with E-state index in [0.717, 1.165) is 34.1 Å². The molecule has 2 aromatic carbocycles. The van der Waals surface area contributed by atoms with E-state index in [1.807, 2.05) is 38.1 Å². The summed E-state index contributed by atoms with van der Waals surface area (Å²) >= 11 is 0. The number of para-hydroxylation sites is 1. The number of aromatic amines is 1. The number of hydrogen-bond donors (Lipinski definition) is 1. The normalized spacial score (nSPS) is 16.1. The highest BCUT2D eigenvalue weighted by molar-refractivity contribution is 5.87. The van der Waals surface area contributed by atoms with Crippen molar-refractivity contribution in [3.05, 3.63) is 88.2 Å². The van der Waals surface area contributed by atoms with Gasteiger partial charge >= 0.3 is 0 Å². The fourth-order valence-corrected chi connectivity index (χ4v) is 4.54. The average Bonchev–Trinajstić information content (AvgIpc) is 3.28. The van der Waals surface area contributed by atoms with Crippen LogP contribution in [0.3, 0.4) is 0 Å². The van der Waals surface area contributed by atoms with Gasteiger partial charge in [-0.2, -0.15) is 0 Å². The molecule has 0 spiro atoms. The number of carbonyl (C=O) groups is 1. The number of halogens is 1. The first-order valence-electron chi connectivity index (χ1n) is 10.1. The zero-order valence-electron chi connectivity index (χ0n) is 16.9. The van der Waals surface area contributed by atoms with Gasteiger partial charge < -0.3 is 14.4 Å². The van der Waals surface area contributed by atoms with Crippen LogP contribution in [-0.4, -0.2) is 27.5 Å². The Bertz CT molecular complexity index is 1240. The largest absolute Gasteiger partial charge is 0.361 e. The SMILES string of the molecule is Cc1noc(C)c1CC(=O)N1CCc2c([nH]c3ccccc23)C1c1ccccc1F. The fraction of sp³-hybridized carbons (Fsp3) is 0.250. The van der Waals surface area contributed by atoms with Crippen LogP contribution < -0.4 is 0 Å². The maximum absolute atomic E-state index is 14.9. The summed E-state index contributed by atoms with van der Waals surface area (Å²) in [5.74, 6) is 0.262. The lowest BCUT2D eigenvalue weighted by molar-refractivity contribution is -0.132. The van der Waals surface area contributed by atoms with E-state index in [9.17, 15) is 9.18 Å². The molecule has 0 saturated heterocycles. The highest BCUT2D eigenvalue weighted by atomic mass is 19.1. The number of aromatic nitrogens is 2. The standard InChI is InChI=1S/C24H22FN3O2/c1-14-19(15(2)30-27-14)13-22(29)28-12-11-17-16-7-4-6-10-21(16)26-23(17)24(28)18-8-3-5-9-20(18)25/h3-10,24,26H,11-13H2,1-2H3. The number of amides is 1. The van der Waals surface area contributed by atoms with Crippen LogP contribution in [0.15, 0.2) is 53.1 Å². The minimum atomic E-state index is -0.504. The number of hydrogen-bond acceptors (Lipinski definition) is 3. The van der Waals surface area contributed by atoms with Gasteiger partial charge in [-0.1, -0.05) is 41.6 Å². The molecule has 0 aliphatic carbocycles. The fourth-order valence-electron chi connectivity index (χ4n) is 4.54. The molecular weight excluding hydrogens is 381 g/mol. The Labute approximate surface area is 173 Å². The van der Waals surface area contributed by atoms with Gasteiger partial charge in [0, 0.05) is 34.3 Å². The van der Waals surface area contributed by atoms with Gasteiger partial charge in [-0.3, -0.25) is 4.79 Å². The minimum absolute atomic E-state index is 0.0676. The highest BCUT2D eigenvalue weighted by Crippen LogP contribution is 2.39. The molecule has 1 amide bonds. The van der Waals surface area contributed by atoms with Gasteiger partial charge in [0.2, 0.25) is 5.91 Å². The monoisotopic (exact) mass is 403 g/mol. The third-order valence-corrected chi connectivity index (χ3v) is 6.06. The van der Waals surface area contributed by atoms with Gasteiger partial charge in [-0.05, 0) is 38.0 Å². The molecule has 0 radical (unpaired) electrons. The highest BCUT2D eigenvalue weighted by Gasteiger charge is 2.36. The molecule has 5 rings (SSSR count). The van der Waals surface area contributed by atoms with Gasteiger partial charge in [0.25, 0.3) is 0 Å². The molecule has 0 fully saturated rings. The van der Waals surface area contributed by atoms with Crippen LogP contribution in [0.4, 0.5) is 4.39 Å². The van der Waals surface area contributed by atoms with E-state index in [2.05, 4.69) is 16.2 Å². The summed E-state index contributed by atoms with van der Waals surface area (Å²) in [7, 11) is 0. The first-order chi connectivity index (χ1) is 14.5. The topological polar surface area (TPSA) is 62.1 Å². The lowest BCUT2D eigenvalue weighted by Gasteiger charge is -2.36. The summed E-state index contributed by atoms with van der Waals surface area (Å²) in [6.45, 7) is 4.17. The molecule has 4 aromatic rings. The van der Waals surface area contributed by atoms with Gasteiger partial charge in [-0.25, -0.2) is 4.39 Å². The summed E-state index contributed by atoms with van der Waals surface area (Å²) in [6.07, 6.45) is 0.902. The second-order valence-corrected chi connectivity index (χ2v) is 7.80. The Balaban J connectivity index is 1.62. The number of carbonyl (C=O) groups excluding carboxylic acids is 1. The summed E-state index contributed by atoms with van der Waals surface area (Å²) in [6, 6.07) is 14.3. The van der Waals surface area contributed by atoms with Crippen LogP contribution in [0.5, 0.6) is 0 Å². The lowest BCUT2D eigenvalue weighted by Crippen LogP contribution is -2.41. The number of H-pyrrole nitrogens is 1. The summed E-state index contributed by atoms with van der Waals surface area (Å²) in [5, 5.41) is 5.09.